The number of pyridine rings is 1. The molecule has 37 heavy (non-hydrogen) atoms. The van der Waals surface area contributed by atoms with Crippen LogP contribution in [-0.4, -0.2) is 40.7 Å². The highest BCUT2D eigenvalue weighted by molar-refractivity contribution is 5.97. The molecule has 2 N–H and O–H groups in total. The first kappa shape index (κ1) is 27.7. The molecule has 1 aromatic heterocycles. The highest BCUT2D eigenvalue weighted by atomic mass is 16.5. The molecule has 1 amide bonds. The van der Waals surface area contributed by atoms with Crippen molar-refractivity contribution in [2.45, 2.75) is 59.0 Å². The Hall–Kier alpha value is -3.91. The molecule has 1 heterocycles. The number of carbonyl (C=O) groups excluding carboxylic acids is 2. The predicted octanol–water partition coefficient (Wildman–Crippen LogP) is 5.20. The standard InChI is InChI=1S/C29H34N2O6/c1-18(31-27(33)25-26(32)24(35-6)15-16-30-25)28(34)37-19(2)20-11-13-21(14-12-20)23-10-8-7-9-22(23)17-36-29(3,4)5/h7-16,18-19,32H,17H2,1-6H3,(H,31,33)/t18-,19-/m0/s1. The van der Waals surface area contributed by atoms with Crippen LogP contribution in [0.25, 0.3) is 11.1 Å². The molecule has 2 atom stereocenters. The van der Waals surface area contributed by atoms with Gasteiger partial charge in [-0.15, -0.1) is 0 Å². The molecule has 196 valence electrons. The van der Waals surface area contributed by atoms with Gasteiger partial charge in [0.1, 0.15) is 12.1 Å². The third kappa shape index (κ3) is 7.30. The summed E-state index contributed by atoms with van der Waals surface area (Å²) >= 11 is 0. The number of carbonyl (C=O) groups is 2. The molecule has 0 radical (unpaired) electrons. The Balaban J connectivity index is 1.64. The van der Waals surface area contributed by atoms with Gasteiger partial charge in [-0.25, -0.2) is 9.78 Å². The maximum atomic E-state index is 12.6. The highest BCUT2D eigenvalue weighted by Gasteiger charge is 2.24. The summed E-state index contributed by atoms with van der Waals surface area (Å²) in [6, 6.07) is 16.3. The van der Waals surface area contributed by atoms with Crippen LogP contribution in [0.5, 0.6) is 11.5 Å². The summed E-state index contributed by atoms with van der Waals surface area (Å²) in [5.74, 6) is -1.62. The van der Waals surface area contributed by atoms with Crippen LogP contribution in [0, 0.1) is 0 Å². The molecular formula is C29H34N2O6. The van der Waals surface area contributed by atoms with Crippen LogP contribution in [0.4, 0.5) is 0 Å². The SMILES string of the molecule is COc1ccnc(C(=O)N[C@@H](C)C(=O)O[C@@H](C)c2ccc(-c3ccccc3COC(C)(C)C)cc2)c1O. The smallest absolute Gasteiger partial charge is 0.328 e. The van der Waals surface area contributed by atoms with E-state index >= 15 is 0 Å². The fourth-order valence-corrected chi connectivity index (χ4v) is 3.59. The molecule has 8 heteroatoms. The van der Waals surface area contributed by atoms with Gasteiger partial charge >= 0.3 is 5.97 Å². The Labute approximate surface area is 217 Å². The third-order valence-electron chi connectivity index (χ3n) is 5.69. The molecule has 0 fully saturated rings. The van der Waals surface area contributed by atoms with Crippen LogP contribution < -0.4 is 10.1 Å². The van der Waals surface area contributed by atoms with Crippen molar-refractivity contribution in [3.05, 3.63) is 77.6 Å². The third-order valence-corrected chi connectivity index (χ3v) is 5.69. The fourth-order valence-electron chi connectivity index (χ4n) is 3.59. The second kappa shape index (κ2) is 11.9. The minimum absolute atomic E-state index is 0.108. The van der Waals surface area contributed by atoms with Crippen LogP contribution in [0.15, 0.2) is 60.8 Å². The van der Waals surface area contributed by atoms with E-state index in [2.05, 4.69) is 22.4 Å². The van der Waals surface area contributed by atoms with E-state index in [1.165, 1.54) is 26.3 Å². The molecule has 2 aromatic carbocycles. The second-order valence-corrected chi connectivity index (χ2v) is 9.66. The number of nitrogens with zero attached hydrogens (tertiary/aromatic N) is 1. The van der Waals surface area contributed by atoms with Gasteiger partial charge < -0.3 is 24.6 Å². The number of rotatable bonds is 9. The molecule has 0 unspecified atom stereocenters. The lowest BCUT2D eigenvalue weighted by Gasteiger charge is -2.21. The Morgan fingerprint density at radius 1 is 1.03 bits per heavy atom. The van der Waals surface area contributed by atoms with Gasteiger partial charge in [-0.05, 0) is 56.9 Å². The topological polar surface area (TPSA) is 107 Å². The number of hydrogen-bond acceptors (Lipinski definition) is 7. The summed E-state index contributed by atoms with van der Waals surface area (Å²) in [6.07, 6.45) is 0.793. The lowest BCUT2D eigenvalue weighted by Crippen LogP contribution is -2.40. The van der Waals surface area contributed by atoms with Gasteiger partial charge in [0.15, 0.2) is 17.2 Å². The van der Waals surface area contributed by atoms with E-state index in [0.717, 1.165) is 22.3 Å². The molecule has 0 aliphatic carbocycles. The Morgan fingerprint density at radius 2 is 1.70 bits per heavy atom. The van der Waals surface area contributed by atoms with Gasteiger partial charge in [-0.2, -0.15) is 0 Å². The van der Waals surface area contributed by atoms with E-state index < -0.39 is 29.8 Å². The van der Waals surface area contributed by atoms with Gasteiger partial charge in [0.25, 0.3) is 5.91 Å². The average molecular weight is 507 g/mol. The molecular weight excluding hydrogens is 472 g/mol. The van der Waals surface area contributed by atoms with Crippen molar-refractivity contribution < 1.29 is 28.9 Å². The number of esters is 1. The number of ether oxygens (including phenoxy) is 3. The summed E-state index contributed by atoms with van der Waals surface area (Å²) in [4.78, 5) is 29.0. The lowest BCUT2D eigenvalue weighted by molar-refractivity contribution is -0.150. The van der Waals surface area contributed by atoms with Crippen LogP contribution in [-0.2, 0) is 20.9 Å². The number of benzene rings is 2. The van der Waals surface area contributed by atoms with Crippen molar-refractivity contribution in [3.63, 3.8) is 0 Å². The van der Waals surface area contributed by atoms with Gasteiger partial charge in [0.05, 0.1) is 19.3 Å². The average Bonchev–Trinajstić information content (AvgIpc) is 2.87. The van der Waals surface area contributed by atoms with E-state index in [9.17, 15) is 14.7 Å². The number of hydrogen-bond donors (Lipinski definition) is 2. The van der Waals surface area contributed by atoms with Gasteiger partial charge in [-0.1, -0.05) is 48.5 Å². The van der Waals surface area contributed by atoms with E-state index in [1.54, 1.807) is 6.92 Å². The number of aromatic nitrogens is 1. The van der Waals surface area contributed by atoms with Crippen LogP contribution in [0.1, 0.15) is 62.3 Å². The predicted molar refractivity (Wildman–Crippen MR) is 140 cm³/mol. The summed E-state index contributed by atoms with van der Waals surface area (Å²) in [5, 5.41) is 12.6. The highest BCUT2D eigenvalue weighted by Crippen LogP contribution is 2.29. The monoisotopic (exact) mass is 506 g/mol. The summed E-state index contributed by atoms with van der Waals surface area (Å²) in [7, 11) is 1.37. The quantitative estimate of drug-likeness (QED) is 0.384. The first-order valence-corrected chi connectivity index (χ1v) is 12.1. The van der Waals surface area contributed by atoms with E-state index in [1.807, 2.05) is 57.2 Å². The summed E-state index contributed by atoms with van der Waals surface area (Å²) < 4.78 is 16.5. The Morgan fingerprint density at radius 3 is 2.35 bits per heavy atom. The molecule has 0 saturated carbocycles. The van der Waals surface area contributed by atoms with E-state index in [0.29, 0.717) is 6.61 Å². The number of aromatic hydroxyl groups is 1. The van der Waals surface area contributed by atoms with Crippen molar-refractivity contribution in [2.75, 3.05) is 7.11 Å². The van der Waals surface area contributed by atoms with Crippen molar-refractivity contribution >= 4 is 11.9 Å². The molecule has 0 spiro atoms. The molecule has 3 rings (SSSR count). The largest absolute Gasteiger partial charge is 0.503 e. The Bertz CT molecular complexity index is 1230. The molecule has 0 aliphatic rings. The summed E-state index contributed by atoms with van der Waals surface area (Å²) in [6.45, 7) is 9.85. The number of nitrogens with one attached hydrogen (secondary N) is 1. The zero-order chi connectivity index (χ0) is 27.2. The zero-order valence-electron chi connectivity index (χ0n) is 22.1. The number of methoxy groups -OCH3 is 1. The summed E-state index contributed by atoms with van der Waals surface area (Å²) in [5.41, 5.74) is 3.53. The van der Waals surface area contributed by atoms with Gasteiger partial charge in [0, 0.05) is 12.3 Å². The maximum absolute atomic E-state index is 12.6. The van der Waals surface area contributed by atoms with Crippen LogP contribution in [0.2, 0.25) is 0 Å². The minimum Gasteiger partial charge on any atom is -0.503 e. The van der Waals surface area contributed by atoms with Crippen LogP contribution >= 0.6 is 0 Å². The van der Waals surface area contributed by atoms with Gasteiger partial charge in [-0.3, -0.25) is 4.79 Å². The Kier molecular flexibility index (Phi) is 8.89. The number of amides is 1. The maximum Gasteiger partial charge on any atom is 0.328 e. The minimum atomic E-state index is -0.962. The molecule has 0 aliphatic heterocycles. The zero-order valence-corrected chi connectivity index (χ0v) is 22.1. The lowest BCUT2D eigenvalue weighted by atomic mass is 9.98. The van der Waals surface area contributed by atoms with Crippen LogP contribution in [0.3, 0.4) is 0 Å². The van der Waals surface area contributed by atoms with Crippen molar-refractivity contribution in [3.8, 4) is 22.6 Å². The molecule has 0 bridgehead atoms. The second-order valence-electron chi connectivity index (χ2n) is 9.66. The fraction of sp³-hybridized carbons (Fsp3) is 0.345. The normalized spacial score (nSPS) is 12.9. The van der Waals surface area contributed by atoms with Crippen molar-refractivity contribution in [1.29, 1.82) is 0 Å². The first-order chi connectivity index (χ1) is 17.5. The molecule has 8 nitrogen and oxygen atoms in total. The van der Waals surface area contributed by atoms with E-state index in [-0.39, 0.29) is 17.0 Å². The van der Waals surface area contributed by atoms with E-state index in [4.69, 9.17) is 14.2 Å². The van der Waals surface area contributed by atoms with Crippen molar-refractivity contribution in [1.82, 2.24) is 10.3 Å². The van der Waals surface area contributed by atoms with Gasteiger partial charge in [0.2, 0.25) is 0 Å². The first-order valence-electron chi connectivity index (χ1n) is 12.1. The molecule has 0 saturated heterocycles. The van der Waals surface area contributed by atoms with Crippen molar-refractivity contribution in [2.24, 2.45) is 0 Å². The molecule has 3 aromatic rings.